The predicted molar refractivity (Wildman–Crippen MR) is 65.0 cm³/mol. The summed E-state index contributed by atoms with van der Waals surface area (Å²) in [4.78, 5) is 0. The molecule has 4 nitrogen and oxygen atoms in total. The summed E-state index contributed by atoms with van der Waals surface area (Å²) >= 11 is 0. The Bertz CT molecular complexity index is 497. The van der Waals surface area contributed by atoms with Gasteiger partial charge in [-0.2, -0.15) is 5.26 Å². The second kappa shape index (κ2) is 6.48. The minimum Gasteiger partial charge on any atom is -0.491 e. The van der Waals surface area contributed by atoms with Gasteiger partial charge in [-0.1, -0.05) is 0 Å². The molecule has 0 bridgehead atoms. The highest BCUT2D eigenvalue weighted by Gasteiger charge is 1.97. The van der Waals surface area contributed by atoms with Crippen molar-refractivity contribution < 1.29 is 13.9 Å². The average Bonchev–Trinajstić information content (AvgIpc) is 2.92. The fourth-order valence-electron chi connectivity index (χ4n) is 1.41. The van der Waals surface area contributed by atoms with Gasteiger partial charge in [-0.15, -0.1) is 0 Å². The maximum absolute atomic E-state index is 8.65. The summed E-state index contributed by atoms with van der Waals surface area (Å²) in [7, 11) is 0. The van der Waals surface area contributed by atoms with Gasteiger partial charge in [-0.25, -0.2) is 0 Å². The third-order valence-corrected chi connectivity index (χ3v) is 2.30. The molecule has 1 aromatic heterocycles. The molecule has 0 N–H and O–H groups in total. The van der Waals surface area contributed by atoms with Crippen LogP contribution in [-0.2, 0) is 11.3 Å². The topological polar surface area (TPSA) is 55.4 Å². The molecule has 0 saturated carbocycles. The van der Waals surface area contributed by atoms with Crippen molar-refractivity contribution in [3.05, 3.63) is 54.0 Å². The van der Waals surface area contributed by atoms with Crippen LogP contribution in [0.15, 0.2) is 47.1 Å². The van der Waals surface area contributed by atoms with Crippen molar-refractivity contribution in [2.45, 2.75) is 6.61 Å². The minimum absolute atomic E-state index is 0.448. The van der Waals surface area contributed by atoms with Crippen molar-refractivity contribution in [2.24, 2.45) is 0 Å². The summed E-state index contributed by atoms with van der Waals surface area (Å²) in [6, 6.07) is 12.7. The Labute approximate surface area is 105 Å². The summed E-state index contributed by atoms with van der Waals surface area (Å²) in [6.45, 7) is 1.40. The maximum atomic E-state index is 8.65. The second-order valence-electron chi connectivity index (χ2n) is 3.62. The number of furan rings is 1. The van der Waals surface area contributed by atoms with Gasteiger partial charge in [0, 0.05) is 0 Å². The number of nitriles is 1. The molecule has 0 radical (unpaired) electrons. The smallest absolute Gasteiger partial charge is 0.129 e. The molecule has 0 saturated heterocycles. The van der Waals surface area contributed by atoms with Gasteiger partial charge >= 0.3 is 0 Å². The molecule has 0 spiro atoms. The fraction of sp³-hybridized carbons (Fsp3) is 0.214. The lowest BCUT2D eigenvalue weighted by Crippen LogP contribution is -2.06. The number of hydrogen-bond acceptors (Lipinski definition) is 4. The van der Waals surface area contributed by atoms with Crippen LogP contribution in [0.5, 0.6) is 5.75 Å². The van der Waals surface area contributed by atoms with Crippen molar-refractivity contribution in [2.75, 3.05) is 13.2 Å². The highest BCUT2D eigenvalue weighted by Crippen LogP contribution is 2.11. The molecule has 0 aliphatic heterocycles. The second-order valence-corrected chi connectivity index (χ2v) is 3.62. The van der Waals surface area contributed by atoms with E-state index in [4.69, 9.17) is 19.2 Å². The molecule has 0 atom stereocenters. The number of benzene rings is 1. The summed E-state index contributed by atoms with van der Waals surface area (Å²) in [5.74, 6) is 1.53. The van der Waals surface area contributed by atoms with E-state index in [0.717, 1.165) is 11.5 Å². The van der Waals surface area contributed by atoms with Crippen LogP contribution in [-0.4, -0.2) is 13.2 Å². The number of hydrogen-bond donors (Lipinski definition) is 0. The molecule has 18 heavy (non-hydrogen) atoms. The predicted octanol–water partition coefficient (Wildman–Crippen LogP) is 2.75. The van der Waals surface area contributed by atoms with Gasteiger partial charge in [0.25, 0.3) is 0 Å². The van der Waals surface area contributed by atoms with Crippen LogP contribution in [0.2, 0.25) is 0 Å². The Hall–Kier alpha value is -2.25. The van der Waals surface area contributed by atoms with Crippen molar-refractivity contribution in [1.82, 2.24) is 0 Å². The largest absolute Gasteiger partial charge is 0.491 e. The first-order valence-corrected chi connectivity index (χ1v) is 5.61. The van der Waals surface area contributed by atoms with Gasteiger partial charge < -0.3 is 13.9 Å². The highest BCUT2D eigenvalue weighted by atomic mass is 16.5. The molecule has 1 aromatic carbocycles. The van der Waals surface area contributed by atoms with Gasteiger partial charge in [0.05, 0.1) is 24.5 Å². The molecule has 92 valence electrons. The average molecular weight is 243 g/mol. The van der Waals surface area contributed by atoms with Crippen LogP contribution < -0.4 is 4.74 Å². The van der Waals surface area contributed by atoms with Crippen LogP contribution in [0.4, 0.5) is 0 Å². The summed E-state index contributed by atoms with van der Waals surface area (Å²) in [5, 5.41) is 8.65. The van der Waals surface area contributed by atoms with Crippen LogP contribution in [0.25, 0.3) is 0 Å². The van der Waals surface area contributed by atoms with E-state index < -0.39 is 0 Å². The standard InChI is InChI=1S/C14H13NO3/c15-10-12-3-5-13(6-4-12)18-9-8-16-11-14-2-1-7-17-14/h1-7H,8-9,11H2. The van der Waals surface area contributed by atoms with Gasteiger partial charge in [0.2, 0.25) is 0 Å². The fourth-order valence-corrected chi connectivity index (χ4v) is 1.41. The number of rotatable bonds is 6. The normalized spacial score (nSPS) is 9.94. The molecule has 0 aliphatic rings. The SMILES string of the molecule is N#Cc1ccc(OCCOCc2ccco2)cc1. The molecule has 2 aromatic rings. The van der Waals surface area contributed by atoms with Crippen molar-refractivity contribution in [1.29, 1.82) is 5.26 Å². The van der Waals surface area contributed by atoms with E-state index in [1.807, 2.05) is 12.1 Å². The lowest BCUT2D eigenvalue weighted by Gasteiger charge is -2.06. The van der Waals surface area contributed by atoms with Gasteiger partial charge in [-0.3, -0.25) is 0 Å². The highest BCUT2D eigenvalue weighted by molar-refractivity contribution is 5.34. The van der Waals surface area contributed by atoms with Crippen molar-refractivity contribution in [3.8, 4) is 11.8 Å². The first kappa shape index (κ1) is 12.2. The van der Waals surface area contributed by atoms with Crippen LogP contribution in [0.3, 0.4) is 0 Å². The van der Waals surface area contributed by atoms with Gasteiger partial charge in [0.15, 0.2) is 0 Å². The Balaban J connectivity index is 1.64. The Kier molecular flexibility index (Phi) is 4.39. The Morgan fingerprint density at radius 1 is 1.11 bits per heavy atom. The van der Waals surface area contributed by atoms with E-state index in [2.05, 4.69) is 6.07 Å². The molecule has 0 unspecified atom stereocenters. The van der Waals surface area contributed by atoms with E-state index in [-0.39, 0.29) is 0 Å². The van der Waals surface area contributed by atoms with Crippen LogP contribution in [0, 0.1) is 11.3 Å². The molecule has 1 heterocycles. The van der Waals surface area contributed by atoms with E-state index >= 15 is 0 Å². The maximum Gasteiger partial charge on any atom is 0.129 e. The third kappa shape index (κ3) is 3.65. The van der Waals surface area contributed by atoms with E-state index in [0.29, 0.717) is 25.4 Å². The first-order valence-electron chi connectivity index (χ1n) is 5.61. The third-order valence-electron chi connectivity index (χ3n) is 2.30. The molecular weight excluding hydrogens is 230 g/mol. The van der Waals surface area contributed by atoms with Crippen LogP contribution >= 0.6 is 0 Å². The first-order chi connectivity index (χ1) is 8.88. The van der Waals surface area contributed by atoms with Gasteiger partial charge in [0.1, 0.15) is 24.7 Å². The number of ether oxygens (including phenoxy) is 2. The lowest BCUT2D eigenvalue weighted by molar-refractivity contribution is 0.0781. The molecule has 2 rings (SSSR count). The van der Waals surface area contributed by atoms with E-state index in [1.165, 1.54) is 0 Å². The minimum atomic E-state index is 0.448. The number of nitrogens with zero attached hydrogens (tertiary/aromatic N) is 1. The molecule has 0 fully saturated rings. The summed E-state index contributed by atoms with van der Waals surface area (Å²) in [5.41, 5.74) is 0.622. The molecular formula is C14H13NO3. The quantitative estimate of drug-likeness (QED) is 0.732. The van der Waals surface area contributed by atoms with Crippen molar-refractivity contribution in [3.63, 3.8) is 0 Å². The molecule has 0 amide bonds. The Morgan fingerprint density at radius 2 is 1.94 bits per heavy atom. The zero-order valence-electron chi connectivity index (χ0n) is 9.83. The lowest BCUT2D eigenvalue weighted by atomic mass is 10.2. The zero-order valence-corrected chi connectivity index (χ0v) is 9.83. The monoisotopic (exact) mass is 243 g/mol. The molecule has 4 heteroatoms. The van der Waals surface area contributed by atoms with Crippen molar-refractivity contribution >= 4 is 0 Å². The van der Waals surface area contributed by atoms with E-state index in [9.17, 15) is 0 Å². The summed E-state index contributed by atoms with van der Waals surface area (Å²) < 4.78 is 16.0. The van der Waals surface area contributed by atoms with E-state index in [1.54, 1.807) is 30.5 Å². The zero-order chi connectivity index (χ0) is 12.6. The Morgan fingerprint density at radius 3 is 2.61 bits per heavy atom. The van der Waals surface area contributed by atoms with Gasteiger partial charge in [-0.05, 0) is 36.4 Å². The van der Waals surface area contributed by atoms with Crippen LogP contribution in [0.1, 0.15) is 11.3 Å². The molecule has 0 aliphatic carbocycles. The summed E-state index contributed by atoms with van der Waals surface area (Å²) in [6.07, 6.45) is 1.62.